The molecule has 2 fully saturated rings. The molecule has 4 rings (SSSR count). The molecule has 2 atom stereocenters. The Balaban J connectivity index is 1.43. The zero-order valence-electron chi connectivity index (χ0n) is 13.5. The van der Waals surface area contributed by atoms with Crippen LogP contribution in [0, 0.1) is 0 Å². The Hall–Kier alpha value is -2.09. The van der Waals surface area contributed by atoms with Crippen molar-refractivity contribution in [2.45, 2.75) is 22.0 Å². The van der Waals surface area contributed by atoms with E-state index in [-0.39, 0.29) is 22.0 Å². The fourth-order valence-electron chi connectivity index (χ4n) is 2.27. The van der Waals surface area contributed by atoms with Crippen LogP contribution < -0.4 is 9.47 Å². The molecule has 2 aliphatic rings. The van der Waals surface area contributed by atoms with Gasteiger partial charge in [0.1, 0.15) is 36.9 Å². The van der Waals surface area contributed by atoms with Crippen LogP contribution in [0.15, 0.2) is 58.3 Å². The maximum Gasteiger partial charge on any atom is 0.206 e. The monoisotopic (exact) mass is 362 g/mol. The summed E-state index contributed by atoms with van der Waals surface area (Å²) >= 11 is 0. The molecule has 2 saturated heterocycles. The van der Waals surface area contributed by atoms with Crippen molar-refractivity contribution in [1.29, 1.82) is 0 Å². The molecular weight excluding hydrogens is 344 g/mol. The van der Waals surface area contributed by atoms with Crippen LogP contribution in [-0.2, 0) is 19.3 Å². The largest absolute Gasteiger partial charge is 0.491 e. The first-order valence-electron chi connectivity index (χ1n) is 8.05. The Morgan fingerprint density at radius 3 is 1.44 bits per heavy atom. The maximum absolute atomic E-state index is 12.7. The normalized spacial score (nSPS) is 21.6. The van der Waals surface area contributed by atoms with E-state index < -0.39 is 9.84 Å². The van der Waals surface area contributed by atoms with Gasteiger partial charge in [0, 0.05) is 0 Å². The Morgan fingerprint density at radius 1 is 0.760 bits per heavy atom. The van der Waals surface area contributed by atoms with E-state index in [0.29, 0.717) is 24.7 Å². The van der Waals surface area contributed by atoms with Gasteiger partial charge >= 0.3 is 0 Å². The lowest BCUT2D eigenvalue weighted by molar-refractivity contribution is 0.263. The summed E-state index contributed by atoms with van der Waals surface area (Å²) in [5.74, 6) is 1.25. The third kappa shape index (κ3) is 4.12. The van der Waals surface area contributed by atoms with E-state index in [1.807, 2.05) is 0 Å². The highest BCUT2D eigenvalue weighted by molar-refractivity contribution is 7.91. The van der Waals surface area contributed by atoms with Gasteiger partial charge in [-0.1, -0.05) is 0 Å². The molecule has 0 unspecified atom stereocenters. The minimum Gasteiger partial charge on any atom is -0.491 e. The third-order valence-corrected chi connectivity index (χ3v) is 5.73. The molecule has 2 heterocycles. The summed E-state index contributed by atoms with van der Waals surface area (Å²) in [6.07, 6.45) is 0.325. The summed E-state index contributed by atoms with van der Waals surface area (Å²) in [4.78, 5) is 0.449. The van der Waals surface area contributed by atoms with E-state index in [0.717, 1.165) is 13.2 Å². The zero-order chi connectivity index (χ0) is 17.3. The number of sulfone groups is 1. The number of hydrogen-bond acceptors (Lipinski definition) is 6. The number of rotatable bonds is 8. The quantitative estimate of drug-likeness (QED) is 0.669. The van der Waals surface area contributed by atoms with E-state index in [1.165, 1.54) is 0 Å². The van der Waals surface area contributed by atoms with Crippen LogP contribution in [-0.4, -0.2) is 47.1 Å². The minimum absolute atomic E-state index is 0.163. The van der Waals surface area contributed by atoms with Gasteiger partial charge in [-0.05, 0) is 48.5 Å². The molecule has 0 radical (unpaired) electrons. The lowest BCUT2D eigenvalue weighted by Crippen LogP contribution is -2.06. The van der Waals surface area contributed by atoms with Gasteiger partial charge in [0.05, 0.1) is 23.0 Å². The van der Waals surface area contributed by atoms with Gasteiger partial charge < -0.3 is 18.9 Å². The second-order valence-electron chi connectivity index (χ2n) is 5.98. The highest BCUT2D eigenvalue weighted by Crippen LogP contribution is 2.25. The highest BCUT2D eigenvalue weighted by atomic mass is 32.2. The van der Waals surface area contributed by atoms with Gasteiger partial charge in [0.15, 0.2) is 0 Å². The molecule has 0 amide bonds. The van der Waals surface area contributed by atoms with Crippen LogP contribution in [0.4, 0.5) is 0 Å². The molecule has 2 aromatic rings. The first-order chi connectivity index (χ1) is 12.1. The molecule has 0 spiro atoms. The molecular formula is C18H18O6S. The molecule has 2 aromatic carbocycles. The summed E-state index contributed by atoms with van der Waals surface area (Å²) in [7, 11) is -3.57. The molecule has 7 heteroatoms. The third-order valence-electron chi connectivity index (χ3n) is 3.94. The van der Waals surface area contributed by atoms with Crippen LogP contribution in [0.2, 0.25) is 0 Å². The maximum atomic E-state index is 12.7. The van der Waals surface area contributed by atoms with Crippen molar-refractivity contribution in [3.05, 3.63) is 48.5 Å². The SMILES string of the molecule is O=S(=O)(c1ccc(OC[C@@H]2CO2)cc1)c1ccc(OC[C@@H]2CO2)cc1. The first-order valence-corrected chi connectivity index (χ1v) is 9.53. The van der Waals surface area contributed by atoms with Crippen LogP contribution in [0.25, 0.3) is 0 Å². The molecule has 0 saturated carbocycles. The van der Waals surface area contributed by atoms with Crippen molar-refractivity contribution in [3.8, 4) is 11.5 Å². The molecule has 6 nitrogen and oxygen atoms in total. The van der Waals surface area contributed by atoms with Crippen LogP contribution in [0.5, 0.6) is 11.5 Å². The van der Waals surface area contributed by atoms with Gasteiger partial charge in [0.2, 0.25) is 9.84 Å². The smallest absolute Gasteiger partial charge is 0.206 e. The predicted molar refractivity (Wildman–Crippen MR) is 88.8 cm³/mol. The standard InChI is InChI=1S/C18H18O6S/c19-25(20,17-5-1-13(2-6-17)21-9-15-11-23-15)18-7-3-14(4-8-18)22-10-16-12-24-16/h1-8,15-16H,9-12H2/t15-,16-/m1/s1. The Labute approximate surface area is 146 Å². The highest BCUT2D eigenvalue weighted by Gasteiger charge is 2.24. The van der Waals surface area contributed by atoms with Crippen molar-refractivity contribution < 1.29 is 27.4 Å². The van der Waals surface area contributed by atoms with Crippen LogP contribution in [0.1, 0.15) is 0 Å². The molecule has 25 heavy (non-hydrogen) atoms. The fourth-order valence-corrected chi connectivity index (χ4v) is 3.53. The van der Waals surface area contributed by atoms with Crippen molar-refractivity contribution in [2.24, 2.45) is 0 Å². The predicted octanol–water partition coefficient (Wildman–Crippen LogP) is 2.07. The molecule has 2 aliphatic heterocycles. The summed E-state index contributed by atoms with van der Waals surface area (Å²) < 4.78 is 46.6. The number of epoxide rings is 2. The Bertz CT molecular complexity index is 755. The summed E-state index contributed by atoms with van der Waals surface area (Å²) in [6, 6.07) is 12.8. The van der Waals surface area contributed by atoms with E-state index in [2.05, 4.69) is 0 Å². The topological polar surface area (TPSA) is 77.7 Å². The second-order valence-corrected chi connectivity index (χ2v) is 7.93. The lowest BCUT2D eigenvalue weighted by Gasteiger charge is -2.08. The van der Waals surface area contributed by atoms with Crippen LogP contribution >= 0.6 is 0 Å². The summed E-state index contributed by atoms with van der Waals surface area (Å²) in [6.45, 7) is 2.42. The zero-order valence-corrected chi connectivity index (χ0v) is 14.3. The number of benzene rings is 2. The lowest BCUT2D eigenvalue weighted by atomic mass is 10.3. The van der Waals surface area contributed by atoms with E-state index in [4.69, 9.17) is 18.9 Å². The average Bonchev–Trinajstić information content (AvgIpc) is 3.54. The summed E-state index contributed by atoms with van der Waals surface area (Å²) in [5.41, 5.74) is 0. The van der Waals surface area contributed by atoms with Gasteiger partial charge in [-0.3, -0.25) is 0 Å². The van der Waals surface area contributed by atoms with Crippen molar-refractivity contribution in [3.63, 3.8) is 0 Å². The van der Waals surface area contributed by atoms with E-state index in [1.54, 1.807) is 48.5 Å². The van der Waals surface area contributed by atoms with E-state index in [9.17, 15) is 8.42 Å². The minimum atomic E-state index is -3.57. The number of ether oxygens (including phenoxy) is 4. The number of hydrogen-bond donors (Lipinski definition) is 0. The molecule has 0 N–H and O–H groups in total. The van der Waals surface area contributed by atoms with Crippen molar-refractivity contribution in [1.82, 2.24) is 0 Å². The molecule has 0 aliphatic carbocycles. The molecule has 132 valence electrons. The second kappa shape index (κ2) is 6.67. The van der Waals surface area contributed by atoms with E-state index >= 15 is 0 Å². The average molecular weight is 362 g/mol. The van der Waals surface area contributed by atoms with Crippen molar-refractivity contribution >= 4 is 9.84 Å². The van der Waals surface area contributed by atoms with Gasteiger partial charge in [0.25, 0.3) is 0 Å². The summed E-state index contributed by atoms with van der Waals surface area (Å²) in [5, 5.41) is 0. The molecule has 0 aromatic heterocycles. The van der Waals surface area contributed by atoms with Gasteiger partial charge in [-0.25, -0.2) is 8.42 Å². The Morgan fingerprint density at radius 2 is 1.12 bits per heavy atom. The Kier molecular flexibility index (Phi) is 4.37. The van der Waals surface area contributed by atoms with Gasteiger partial charge in [-0.2, -0.15) is 0 Å². The van der Waals surface area contributed by atoms with Crippen LogP contribution in [0.3, 0.4) is 0 Å². The fraction of sp³-hybridized carbons (Fsp3) is 0.333. The first kappa shape index (κ1) is 16.4. The molecule has 0 bridgehead atoms. The van der Waals surface area contributed by atoms with Gasteiger partial charge in [-0.15, -0.1) is 0 Å². The van der Waals surface area contributed by atoms with Crippen molar-refractivity contribution in [2.75, 3.05) is 26.4 Å².